The maximum Gasteiger partial charge on any atom is 0.118 e. The van der Waals surface area contributed by atoms with Crippen molar-refractivity contribution < 1.29 is 4.74 Å². The summed E-state index contributed by atoms with van der Waals surface area (Å²) in [5, 5.41) is 0. The zero-order chi connectivity index (χ0) is 14.7. The number of nitrogens with two attached hydrogens (primary N) is 1. The van der Waals surface area contributed by atoms with Crippen molar-refractivity contribution in [3.8, 4) is 5.75 Å². The second-order valence-corrected chi connectivity index (χ2v) is 6.61. The molecule has 3 atom stereocenters. The molecule has 0 radical (unpaired) electrons. The molecule has 21 heavy (non-hydrogen) atoms. The Kier molecular flexibility index (Phi) is 4.81. The number of benzene rings is 1. The van der Waals surface area contributed by atoms with E-state index in [4.69, 9.17) is 10.5 Å². The lowest BCUT2D eigenvalue weighted by molar-refractivity contribution is 0.0586. The average Bonchev–Trinajstić information content (AvgIpc) is 2.56. The lowest BCUT2D eigenvalue weighted by Gasteiger charge is -2.44. The number of likely N-dealkylation sites (tertiary alicyclic amines) is 1. The SMILES string of the molecule is COc1ccc(C(CN)N2CCC3CCCCC3C2)cc1. The predicted molar refractivity (Wildman–Crippen MR) is 86.4 cm³/mol. The molecule has 1 aromatic rings. The predicted octanol–water partition coefficient (Wildman–Crippen LogP) is 3.21. The third kappa shape index (κ3) is 3.24. The van der Waals surface area contributed by atoms with Crippen LogP contribution in [-0.2, 0) is 0 Å². The first-order valence-electron chi connectivity index (χ1n) is 8.40. The van der Waals surface area contributed by atoms with Crippen LogP contribution < -0.4 is 10.5 Å². The van der Waals surface area contributed by atoms with Crippen LogP contribution in [-0.4, -0.2) is 31.6 Å². The summed E-state index contributed by atoms with van der Waals surface area (Å²) in [6.45, 7) is 3.14. The lowest BCUT2D eigenvalue weighted by Crippen LogP contribution is -2.45. The molecule has 2 N–H and O–H groups in total. The first kappa shape index (κ1) is 14.9. The normalized spacial score (nSPS) is 27.9. The maximum absolute atomic E-state index is 6.10. The highest BCUT2D eigenvalue weighted by atomic mass is 16.5. The van der Waals surface area contributed by atoms with Crippen molar-refractivity contribution in [2.45, 2.75) is 38.1 Å². The Hall–Kier alpha value is -1.06. The van der Waals surface area contributed by atoms with Gasteiger partial charge < -0.3 is 10.5 Å². The number of fused-ring (bicyclic) bond motifs is 1. The molecular weight excluding hydrogens is 260 g/mol. The highest BCUT2D eigenvalue weighted by Crippen LogP contribution is 2.38. The van der Waals surface area contributed by atoms with Crippen LogP contribution in [0.1, 0.15) is 43.7 Å². The average molecular weight is 288 g/mol. The van der Waals surface area contributed by atoms with Crippen LogP contribution in [0, 0.1) is 11.8 Å². The topological polar surface area (TPSA) is 38.5 Å². The van der Waals surface area contributed by atoms with Gasteiger partial charge in [-0.1, -0.05) is 31.4 Å². The van der Waals surface area contributed by atoms with Crippen molar-refractivity contribution >= 4 is 0 Å². The van der Waals surface area contributed by atoms with E-state index < -0.39 is 0 Å². The summed E-state index contributed by atoms with van der Waals surface area (Å²) >= 11 is 0. The molecule has 3 rings (SSSR count). The molecule has 116 valence electrons. The Morgan fingerprint density at radius 1 is 1.14 bits per heavy atom. The fourth-order valence-electron chi connectivity index (χ4n) is 4.23. The van der Waals surface area contributed by atoms with Crippen molar-refractivity contribution in [2.24, 2.45) is 17.6 Å². The first-order valence-corrected chi connectivity index (χ1v) is 8.40. The molecule has 3 unspecified atom stereocenters. The van der Waals surface area contributed by atoms with Crippen LogP contribution in [0.4, 0.5) is 0 Å². The van der Waals surface area contributed by atoms with Gasteiger partial charge in [-0.3, -0.25) is 4.90 Å². The molecule has 1 heterocycles. The molecule has 2 aliphatic rings. The van der Waals surface area contributed by atoms with Crippen LogP contribution in [0.2, 0.25) is 0 Å². The summed E-state index contributed by atoms with van der Waals surface area (Å²) in [5.74, 6) is 2.80. The molecule has 1 aromatic carbocycles. The van der Waals surface area contributed by atoms with Gasteiger partial charge in [-0.15, -0.1) is 0 Å². The third-order valence-electron chi connectivity index (χ3n) is 5.49. The van der Waals surface area contributed by atoms with Gasteiger partial charge in [-0.05, 0) is 48.9 Å². The third-order valence-corrected chi connectivity index (χ3v) is 5.49. The second kappa shape index (κ2) is 6.80. The van der Waals surface area contributed by atoms with E-state index in [1.807, 2.05) is 12.1 Å². The highest BCUT2D eigenvalue weighted by molar-refractivity contribution is 5.29. The van der Waals surface area contributed by atoms with Gasteiger partial charge in [0, 0.05) is 19.1 Å². The summed E-state index contributed by atoms with van der Waals surface area (Å²) < 4.78 is 5.25. The van der Waals surface area contributed by atoms with Gasteiger partial charge in [-0.25, -0.2) is 0 Å². The number of piperidine rings is 1. The molecular formula is C18H28N2O. The minimum absolute atomic E-state index is 0.360. The van der Waals surface area contributed by atoms with E-state index in [2.05, 4.69) is 17.0 Å². The van der Waals surface area contributed by atoms with Gasteiger partial charge >= 0.3 is 0 Å². The van der Waals surface area contributed by atoms with E-state index in [-0.39, 0.29) is 0 Å². The molecule has 1 aliphatic carbocycles. The van der Waals surface area contributed by atoms with E-state index >= 15 is 0 Å². The quantitative estimate of drug-likeness (QED) is 0.924. The van der Waals surface area contributed by atoms with E-state index in [0.29, 0.717) is 12.6 Å². The molecule has 1 aliphatic heterocycles. The summed E-state index contributed by atoms with van der Waals surface area (Å²) in [7, 11) is 1.71. The van der Waals surface area contributed by atoms with Crippen LogP contribution in [0.15, 0.2) is 24.3 Å². The van der Waals surface area contributed by atoms with Gasteiger partial charge in [0.05, 0.1) is 7.11 Å². The fourth-order valence-corrected chi connectivity index (χ4v) is 4.23. The highest BCUT2D eigenvalue weighted by Gasteiger charge is 2.33. The summed E-state index contributed by atoms with van der Waals surface area (Å²) in [4.78, 5) is 2.62. The smallest absolute Gasteiger partial charge is 0.118 e. The van der Waals surface area contributed by atoms with Crippen molar-refractivity contribution in [3.63, 3.8) is 0 Å². The van der Waals surface area contributed by atoms with Gasteiger partial charge in [0.1, 0.15) is 5.75 Å². The fraction of sp³-hybridized carbons (Fsp3) is 0.667. The minimum atomic E-state index is 0.360. The van der Waals surface area contributed by atoms with E-state index in [0.717, 1.165) is 17.6 Å². The monoisotopic (exact) mass is 288 g/mol. The summed E-state index contributed by atoms with van der Waals surface area (Å²) in [5.41, 5.74) is 7.43. The molecule has 2 fully saturated rings. The molecule has 1 saturated heterocycles. The van der Waals surface area contributed by atoms with Gasteiger partial charge in [0.25, 0.3) is 0 Å². The number of hydrogen-bond donors (Lipinski definition) is 1. The minimum Gasteiger partial charge on any atom is -0.497 e. The molecule has 3 nitrogen and oxygen atoms in total. The lowest BCUT2D eigenvalue weighted by atomic mass is 9.74. The number of methoxy groups -OCH3 is 1. The Labute approximate surface area is 128 Å². The molecule has 0 bridgehead atoms. The van der Waals surface area contributed by atoms with Crippen molar-refractivity contribution in [3.05, 3.63) is 29.8 Å². The van der Waals surface area contributed by atoms with Crippen molar-refractivity contribution in [2.75, 3.05) is 26.7 Å². The Morgan fingerprint density at radius 3 is 2.52 bits per heavy atom. The van der Waals surface area contributed by atoms with E-state index in [1.165, 1.54) is 50.8 Å². The van der Waals surface area contributed by atoms with Crippen LogP contribution in [0.5, 0.6) is 5.75 Å². The standard InChI is InChI=1S/C18H28N2O/c1-21-17-8-6-15(7-9-17)18(12-19)20-11-10-14-4-2-3-5-16(14)13-20/h6-9,14,16,18H,2-5,10-13,19H2,1H3. The largest absolute Gasteiger partial charge is 0.497 e. The van der Waals surface area contributed by atoms with Gasteiger partial charge in [-0.2, -0.15) is 0 Å². The molecule has 0 aromatic heterocycles. The Balaban J connectivity index is 1.70. The first-order chi connectivity index (χ1) is 10.3. The number of hydrogen-bond acceptors (Lipinski definition) is 3. The van der Waals surface area contributed by atoms with Crippen LogP contribution in [0.25, 0.3) is 0 Å². The van der Waals surface area contributed by atoms with Gasteiger partial charge in [0.15, 0.2) is 0 Å². The zero-order valence-electron chi connectivity index (χ0n) is 13.1. The molecule has 1 saturated carbocycles. The molecule has 3 heteroatoms. The molecule has 0 amide bonds. The maximum atomic E-state index is 6.10. The van der Waals surface area contributed by atoms with Crippen LogP contribution in [0.3, 0.4) is 0 Å². The summed E-state index contributed by atoms with van der Waals surface area (Å²) in [6, 6.07) is 8.79. The van der Waals surface area contributed by atoms with Crippen molar-refractivity contribution in [1.29, 1.82) is 0 Å². The van der Waals surface area contributed by atoms with Crippen molar-refractivity contribution in [1.82, 2.24) is 4.90 Å². The Bertz CT molecular complexity index is 445. The summed E-state index contributed by atoms with van der Waals surface area (Å²) in [6.07, 6.45) is 7.09. The second-order valence-electron chi connectivity index (χ2n) is 6.61. The molecule has 0 spiro atoms. The van der Waals surface area contributed by atoms with Gasteiger partial charge in [0.2, 0.25) is 0 Å². The number of nitrogens with zero attached hydrogens (tertiary/aromatic N) is 1. The zero-order valence-corrected chi connectivity index (χ0v) is 13.1. The Morgan fingerprint density at radius 2 is 1.86 bits per heavy atom. The van der Waals surface area contributed by atoms with E-state index in [1.54, 1.807) is 7.11 Å². The van der Waals surface area contributed by atoms with E-state index in [9.17, 15) is 0 Å². The van der Waals surface area contributed by atoms with Crippen LogP contribution >= 0.6 is 0 Å². The number of ether oxygens (including phenoxy) is 1. The number of rotatable bonds is 4.